The summed E-state index contributed by atoms with van der Waals surface area (Å²) in [4.78, 5) is 0. The molecule has 0 amide bonds. The van der Waals surface area contributed by atoms with E-state index in [2.05, 4.69) is 5.92 Å². The molecule has 0 N–H and O–H groups in total. The largest absolute Gasteiger partial charge is 0.366 e. The molecule has 0 saturated carbocycles. The smallest absolute Gasteiger partial charge is 0 e. The number of hydrogen-bond donors (Lipinski definition) is 0. The van der Waals surface area contributed by atoms with Crippen LogP contribution in [0, 0.1) is 19.3 Å². The minimum Gasteiger partial charge on any atom is -0.366 e. The maximum atomic E-state index is 6.76. The molecule has 0 saturated heterocycles. The van der Waals surface area contributed by atoms with Crippen LogP contribution in [0.2, 0.25) is 0 Å². The second-order valence-electron chi connectivity index (χ2n) is 1.99. The van der Waals surface area contributed by atoms with E-state index >= 15 is 0 Å². The van der Waals surface area contributed by atoms with E-state index in [1.54, 1.807) is 0 Å². The minimum absolute atomic E-state index is 0. The molecule has 0 radical (unpaired) electrons. The zero-order valence-corrected chi connectivity index (χ0v) is 11.1. The Morgan fingerprint density at radius 2 is 1.64 bits per heavy atom. The van der Waals surface area contributed by atoms with E-state index in [-0.39, 0.29) is 36.5 Å². The van der Waals surface area contributed by atoms with Gasteiger partial charge in [0, 0.05) is 19.5 Å². The third-order valence-electron chi connectivity index (χ3n) is 1.20. The van der Waals surface area contributed by atoms with Crippen LogP contribution in [0.25, 0.3) is 0 Å². The molecule has 0 aromatic heterocycles. The predicted molar refractivity (Wildman–Crippen MR) is 47.7 cm³/mol. The van der Waals surface area contributed by atoms with E-state index < -0.39 is 0 Å². The van der Waals surface area contributed by atoms with Gasteiger partial charge in [0.1, 0.15) is 0 Å². The molecule has 0 nitrogen and oxygen atoms in total. The van der Waals surface area contributed by atoms with Crippen molar-refractivity contribution in [1.29, 1.82) is 0 Å². The molecular formula is C9H8BrZn-. The van der Waals surface area contributed by atoms with Gasteiger partial charge in [0.05, 0.1) is 0 Å². The van der Waals surface area contributed by atoms with Crippen LogP contribution in [0.1, 0.15) is 11.1 Å². The van der Waals surface area contributed by atoms with Crippen LogP contribution < -0.4 is 0 Å². The average Bonchev–Trinajstić information content (AvgIpc) is 1.90. The molecule has 2 heteroatoms. The van der Waals surface area contributed by atoms with Crippen molar-refractivity contribution in [3.05, 3.63) is 41.8 Å². The third-order valence-corrected chi connectivity index (χ3v) is 1.20. The molecule has 0 atom stereocenters. The van der Waals surface area contributed by atoms with Crippen molar-refractivity contribution in [3.63, 3.8) is 0 Å². The number of benzene rings is 1. The van der Waals surface area contributed by atoms with Crippen molar-refractivity contribution in [2.75, 3.05) is 0 Å². The molecule has 1 rings (SSSR count). The SMILES string of the molecule is Br.[C-]#Cc1ccc(C)cc1.[Zn]. The first kappa shape index (κ1) is 13.5. The zero-order valence-electron chi connectivity index (χ0n) is 6.42. The molecule has 0 heterocycles. The maximum Gasteiger partial charge on any atom is 0 e. The van der Waals surface area contributed by atoms with Gasteiger partial charge >= 0.3 is 0 Å². The van der Waals surface area contributed by atoms with Gasteiger partial charge in [-0.05, 0) is 6.92 Å². The van der Waals surface area contributed by atoms with Gasteiger partial charge in [-0.25, -0.2) is 0 Å². The average molecular weight is 261 g/mol. The second kappa shape index (κ2) is 6.58. The van der Waals surface area contributed by atoms with Gasteiger partial charge in [0.15, 0.2) is 0 Å². The van der Waals surface area contributed by atoms with Crippen molar-refractivity contribution < 1.29 is 19.5 Å². The Kier molecular flexibility index (Phi) is 8.06. The van der Waals surface area contributed by atoms with Gasteiger partial charge in [0.25, 0.3) is 0 Å². The van der Waals surface area contributed by atoms with Gasteiger partial charge in [-0.1, -0.05) is 17.7 Å². The summed E-state index contributed by atoms with van der Waals surface area (Å²) in [6.45, 7) is 2.02. The molecule has 11 heavy (non-hydrogen) atoms. The van der Waals surface area contributed by atoms with E-state index in [9.17, 15) is 0 Å². The number of aryl methyl sites for hydroxylation is 1. The Labute approximate surface area is 90.9 Å². The molecule has 0 aliphatic heterocycles. The summed E-state index contributed by atoms with van der Waals surface area (Å²) < 4.78 is 0. The van der Waals surface area contributed by atoms with Crippen molar-refractivity contribution in [2.45, 2.75) is 6.92 Å². The molecular weight excluding hydrogens is 253 g/mol. The van der Waals surface area contributed by atoms with Gasteiger partial charge in [-0.3, -0.25) is 5.92 Å². The molecule has 0 unspecified atom stereocenters. The summed E-state index contributed by atoms with van der Waals surface area (Å²) in [5.74, 6) is 2.30. The van der Waals surface area contributed by atoms with Gasteiger partial charge < -0.3 is 6.42 Å². The summed E-state index contributed by atoms with van der Waals surface area (Å²) in [5.41, 5.74) is 2.05. The summed E-state index contributed by atoms with van der Waals surface area (Å²) in [5, 5.41) is 0. The molecule has 0 fully saturated rings. The second-order valence-corrected chi connectivity index (χ2v) is 1.99. The van der Waals surface area contributed by atoms with Crippen LogP contribution in [0.3, 0.4) is 0 Å². The summed E-state index contributed by atoms with van der Waals surface area (Å²) in [7, 11) is 0. The maximum absolute atomic E-state index is 6.76. The Hall–Kier alpha value is -0.117. The van der Waals surface area contributed by atoms with Crippen LogP contribution in [-0.2, 0) is 19.5 Å². The van der Waals surface area contributed by atoms with E-state index in [0.717, 1.165) is 5.56 Å². The fraction of sp³-hybridized carbons (Fsp3) is 0.111. The predicted octanol–water partition coefficient (Wildman–Crippen LogP) is 2.51. The first-order chi connectivity index (χ1) is 4.33. The first-order valence-electron chi connectivity index (χ1n) is 2.82. The number of rotatable bonds is 0. The Bertz CT molecular complexity index is 233. The fourth-order valence-electron chi connectivity index (χ4n) is 0.637. The fourth-order valence-corrected chi connectivity index (χ4v) is 0.637. The molecule has 1 aromatic carbocycles. The van der Waals surface area contributed by atoms with E-state index in [4.69, 9.17) is 6.42 Å². The molecule has 1 aromatic rings. The minimum atomic E-state index is 0. The van der Waals surface area contributed by atoms with E-state index in [1.807, 2.05) is 31.2 Å². The van der Waals surface area contributed by atoms with E-state index in [0.29, 0.717) is 0 Å². The molecule has 0 bridgehead atoms. The van der Waals surface area contributed by atoms with Crippen molar-refractivity contribution in [2.24, 2.45) is 0 Å². The van der Waals surface area contributed by atoms with Crippen LogP contribution in [-0.4, -0.2) is 0 Å². The Morgan fingerprint density at radius 1 is 1.18 bits per heavy atom. The summed E-state index contributed by atoms with van der Waals surface area (Å²) >= 11 is 0. The van der Waals surface area contributed by atoms with Crippen LogP contribution in [0.4, 0.5) is 0 Å². The number of halogens is 1. The Morgan fingerprint density at radius 3 is 2.00 bits per heavy atom. The summed E-state index contributed by atoms with van der Waals surface area (Å²) in [6.07, 6.45) is 6.76. The molecule has 0 spiro atoms. The van der Waals surface area contributed by atoms with Crippen LogP contribution in [0.5, 0.6) is 0 Å². The summed E-state index contributed by atoms with van der Waals surface area (Å²) in [6, 6.07) is 7.69. The molecule has 54 valence electrons. The molecule has 0 aliphatic rings. The quantitative estimate of drug-likeness (QED) is 0.382. The van der Waals surface area contributed by atoms with E-state index in [1.165, 1.54) is 5.56 Å². The topological polar surface area (TPSA) is 0 Å². The van der Waals surface area contributed by atoms with Gasteiger partial charge in [-0.15, -0.1) is 34.7 Å². The van der Waals surface area contributed by atoms with Crippen LogP contribution in [0.15, 0.2) is 24.3 Å². The van der Waals surface area contributed by atoms with Crippen molar-refractivity contribution >= 4 is 17.0 Å². The normalized spacial score (nSPS) is 6.91. The Balaban J connectivity index is 0. The van der Waals surface area contributed by atoms with Gasteiger partial charge in [-0.2, -0.15) is 0 Å². The van der Waals surface area contributed by atoms with Crippen molar-refractivity contribution in [1.82, 2.24) is 0 Å². The zero-order chi connectivity index (χ0) is 6.69. The first-order valence-corrected chi connectivity index (χ1v) is 2.82. The van der Waals surface area contributed by atoms with Crippen molar-refractivity contribution in [3.8, 4) is 5.92 Å². The third kappa shape index (κ3) is 4.35. The number of hydrogen-bond acceptors (Lipinski definition) is 0. The standard InChI is InChI=1S/C9H7.BrH.Zn/c1-3-9-6-4-8(2)5-7-9;;/h4-7H,2H3;1H;/q-1;;. The van der Waals surface area contributed by atoms with Crippen LogP contribution >= 0.6 is 17.0 Å². The van der Waals surface area contributed by atoms with Gasteiger partial charge in [0.2, 0.25) is 0 Å². The molecule has 0 aliphatic carbocycles. The monoisotopic (exact) mass is 259 g/mol.